The van der Waals surface area contributed by atoms with Crippen LogP contribution < -0.4 is 5.14 Å². The summed E-state index contributed by atoms with van der Waals surface area (Å²) in [6.07, 6.45) is -0.998. The van der Waals surface area contributed by atoms with Gasteiger partial charge < -0.3 is 19.6 Å². The third-order valence-corrected chi connectivity index (χ3v) is 5.87. The first-order valence-corrected chi connectivity index (χ1v) is 9.16. The van der Waals surface area contributed by atoms with Crippen LogP contribution in [-0.4, -0.2) is 74.2 Å². The predicted octanol–water partition coefficient (Wildman–Crippen LogP) is -0.215. The van der Waals surface area contributed by atoms with Gasteiger partial charge in [-0.2, -0.15) is 0 Å². The summed E-state index contributed by atoms with van der Waals surface area (Å²) in [6, 6.07) is 5.41. The monoisotopic (exact) mass is 369 g/mol. The van der Waals surface area contributed by atoms with Gasteiger partial charge in [0, 0.05) is 31.7 Å². The number of ether oxygens (including phenoxy) is 1. The molecule has 2 aliphatic rings. The minimum Gasteiger partial charge on any atom is -0.465 e. The van der Waals surface area contributed by atoms with E-state index in [1.54, 1.807) is 4.90 Å². The Bertz CT molecular complexity index is 809. The molecule has 0 radical (unpaired) electrons. The van der Waals surface area contributed by atoms with Crippen molar-refractivity contribution in [1.29, 1.82) is 0 Å². The van der Waals surface area contributed by atoms with Crippen LogP contribution in [0.4, 0.5) is 4.79 Å². The summed E-state index contributed by atoms with van der Waals surface area (Å²) in [6.45, 7) is 1.20. The van der Waals surface area contributed by atoms with Gasteiger partial charge in [-0.05, 0) is 24.3 Å². The Morgan fingerprint density at radius 3 is 2.24 bits per heavy atom. The van der Waals surface area contributed by atoms with Crippen LogP contribution in [-0.2, 0) is 14.8 Å². The summed E-state index contributed by atoms with van der Waals surface area (Å²) < 4.78 is 28.2. The number of hydrogen-bond acceptors (Lipinski definition) is 5. The first-order chi connectivity index (χ1) is 11.7. The maximum atomic E-state index is 12.7. The number of carbonyl (C=O) groups excluding carboxylic acids is 1. The molecule has 10 heteroatoms. The lowest BCUT2D eigenvalue weighted by Crippen LogP contribution is -2.44. The Morgan fingerprint density at radius 1 is 1.20 bits per heavy atom. The normalized spacial score (nSPS) is 25.9. The lowest BCUT2D eigenvalue weighted by Gasteiger charge is -2.27. The summed E-state index contributed by atoms with van der Waals surface area (Å²) in [5, 5.41) is 14.2. The summed E-state index contributed by atoms with van der Waals surface area (Å²) >= 11 is 0. The van der Waals surface area contributed by atoms with Gasteiger partial charge in [-0.3, -0.25) is 4.79 Å². The number of nitrogens with two attached hydrogens (primary N) is 1. The maximum absolute atomic E-state index is 12.7. The molecule has 136 valence electrons. The fraction of sp³-hybridized carbons (Fsp3) is 0.467. The molecule has 2 saturated heterocycles. The zero-order valence-electron chi connectivity index (χ0n) is 13.6. The number of carboxylic acid groups (broad SMARTS) is 1. The molecule has 3 N–H and O–H groups in total. The summed E-state index contributed by atoms with van der Waals surface area (Å²) in [4.78, 5) is 26.7. The number of rotatable bonds is 3. The number of primary sulfonamides is 1. The predicted molar refractivity (Wildman–Crippen MR) is 86.5 cm³/mol. The van der Waals surface area contributed by atoms with E-state index in [2.05, 4.69) is 0 Å². The van der Waals surface area contributed by atoms with E-state index < -0.39 is 21.7 Å². The fourth-order valence-electron chi connectivity index (χ4n) is 3.57. The highest BCUT2D eigenvalue weighted by Gasteiger charge is 2.55. The van der Waals surface area contributed by atoms with E-state index in [0.717, 1.165) is 0 Å². The smallest absolute Gasteiger partial charge is 0.407 e. The van der Waals surface area contributed by atoms with Crippen molar-refractivity contribution in [2.75, 3.05) is 33.3 Å². The Hall–Kier alpha value is -2.17. The second kappa shape index (κ2) is 5.97. The molecule has 0 unspecified atom stereocenters. The molecule has 1 aromatic rings. The number of sulfonamides is 1. The standard InChI is InChI=1S/C15H19N3O6S/c1-24-15-8-17(6-11(15)7-18(9-15)14(20)21)13(19)10-2-4-12(5-3-10)25(16,22)23/h2-5,11H,6-9H2,1H3,(H,20,21)(H2,16,22,23)/t11-,15+/m1/s1. The summed E-state index contributed by atoms with van der Waals surface area (Å²) in [7, 11) is -2.29. The van der Waals surface area contributed by atoms with Gasteiger partial charge in [0.05, 0.1) is 18.0 Å². The first-order valence-electron chi connectivity index (χ1n) is 7.61. The van der Waals surface area contributed by atoms with Crippen molar-refractivity contribution in [2.24, 2.45) is 11.1 Å². The molecule has 3 rings (SSSR count). The highest BCUT2D eigenvalue weighted by atomic mass is 32.2. The molecule has 0 aliphatic carbocycles. The van der Waals surface area contributed by atoms with Crippen molar-refractivity contribution in [3.05, 3.63) is 29.8 Å². The van der Waals surface area contributed by atoms with Crippen LogP contribution in [0, 0.1) is 5.92 Å². The van der Waals surface area contributed by atoms with Crippen LogP contribution >= 0.6 is 0 Å². The second-order valence-corrected chi connectivity index (χ2v) is 7.95. The molecule has 0 bridgehead atoms. The molecular formula is C15H19N3O6S. The maximum Gasteiger partial charge on any atom is 0.407 e. The molecule has 2 heterocycles. The van der Waals surface area contributed by atoms with Crippen LogP contribution in [0.2, 0.25) is 0 Å². The lowest BCUT2D eigenvalue weighted by atomic mass is 9.95. The van der Waals surface area contributed by atoms with Gasteiger partial charge in [-0.15, -0.1) is 0 Å². The average Bonchev–Trinajstić information content (AvgIpc) is 3.08. The number of fused-ring (bicyclic) bond motifs is 1. The topological polar surface area (TPSA) is 130 Å². The van der Waals surface area contributed by atoms with Crippen LogP contribution in [0.3, 0.4) is 0 Å². The Labute approximate surface area is 145 Å². The van der Waals surface area contributed by atoms with Crippen molar-refractivity contribution < 1.29 is 27.9 Å². The highest BCUT2D eigenvalue weighted by Crippen LogP contribution is 2.38. The SMILES string of the molecule is CO[C@@]12CN(C(=O)O)C[C@H]1CN(C(=O)c1ccc(S(N)(=O)=O)cc1)C2. The Balaban J connectivity index is 1.76. The molecule has 2 fully saturated rings. The molecule has 9 nitrogen and oxygen atoms in total. The van der Waals surface area contributed by atoms with Gasteiger partial charge in [0.15, 0.2) is 0 Å². The van der Waals surface area contributed by atoms with Crippen LogP contribution in [0.15, 0.2) is 29.2 Å². The summed E-state index contributed by atoms with van der Waals surface area (Å²) in [5.41, 5.74) is -0.358. The van der Waals surface area contributed by atoms with Crippen molar-refractivity contribution in [3.8, 4) is 0 Å². The van der Waals surface area contributed by atoms with Gasteiger partial charge in [0.25, 0.3) is 5.91 Å². The average molecular weight is 369 g/mol. The number of hydrogen-bond donors (Lipinski definition) is 2. The molecule has 25 heavy (non-hydrogen) atoms. The molecule has 2 aliphatic heterocycles. The highest BCUT2D eigenvalue weighted by molar-refractivity contribution is 7.89. The van der Waals surface area contributed by atoms with Gasteiger partial charge in [-0.25, -0.2) is 18.4 Å². The molecule has 0 spiro atoms. The number of amides is 2. The van der Waals surface area contributed by atoms with Crippen molar-refractivity contribution >= 4 is 22.0 Å². The fourth-order valence-corrected chi connectivity index (χ4v) is 4.09. The molecular weight excluding hydrogens is 350 g/mol. The minimum absolute atomic E-state index is 0.0622. The van der Waals surface area contributed by atoms with E-state index >= 15 is 0 Å². The Morgan fingerprint density at radius 2 is 1.76 bits per heavy atom. The number of nitrogens with zero attached hydrogens (tertiary/aromatic N) is 2. The number of likely N-dealkylation sites (tertiary alicyclic amines) is 2. The van der Waals surface area contributed by atoms with E-state index in [0.29, 0.717) is 18.7 Å². The van der Waals surface area contributed by atoms with E-state index in [1.807, 2.05) is 0 Å². The van der Waals surface area contributed by atoms with E-state index in [1.165, 1.54) is 36.3 Å². The minimum atomic E-state index is -3.81. The number of benzene rings is 1. The van der Waals surface area contributed by atoms with Crippen molar-refractivity contribution in [3.63, 3.8) is 0 Å². The largest absolute Gasteiger partial charge is 0.465 e. The summed E-state index contributed by atoms with van der Waals surface area (Å²) in [5.74, 6) is -0.352. The van der Waals surface area contributed by atoms with Gasteiger partial charge in [-0.1, -0.05) is 0 Å². The molecule has 1 aromatic carbocycles. The number of methoxy groups -OCH3 is 1. The Kier molecular flexibility index (Phi) is 4.21. The second-order valence-electron chi connectivity index (χ2n) is 6.38. The van der Waals surface area contributed by atoms with E-state index in [9.17, 15) is 18.0 Å². The quantitative estimate of drug-likeness (QED) is 0.758. The zero-order chi connectivity index (χ0) is 18.4. The van der Waals surface area contributed by atoms with Gasteiger partial charge >= 0.3 is 6.09 Å². The van der Waals surface area contributed by atoms with E-state index in [-0.39, 0.29) is 29.8 Å². The third kappa shape index (κ3) is 3.08. The van der Waals surface area contributed by atoms with Crippen LogP contribution in [0.25, 0.3) is 0 Å². The zero-order valence-corrected chi connectivity index (χ0v) is 14.4. The van der Waals surface area contributed by atoms with Crippen LogP contribution in [0.5, 0.6) is 0 Å². The number of carbonyl (C=O) groups is 2. The molecule has 2 atom stereocenters. The molecule has 0 aromatic heterocycles. The lowest BCUT2D eigenvalue weighted by molar-refractivity contribution is -0.0110. The molecule has 0 saturated carbocycles. The van der Waals surface area contributed by atoms with Crippen molar-refractivity contribution in [1.82, 2.24) is 9.80 Å². The van der Waals surface area contributed by atoms with Gasteiger partial charge in [0.1, 0.15) is 5.60 Å². The first kappa shape index (κ1) is 17.6. The third-order valence-electron chi connectivity index (χ3n) is 4.94. The van der Waals surface area contributed by atoms with Crippen molar-refractivity contribution in [2.45, 2.75) is 10.5 Å². The van der Waals surface area contributed by atoms with E-state index in [4.69, 9.17) is 15.0 Å². The van der Waals surface area contributed by atoms with Gasteiger partial charge in [0.2, 0.25) is 10.0 Å². The molecule has 2 amide bonds. The van der Waals surface area contributed by atoms with Crippen LogP contribution in [0.1, 0.15) is 10.4 Å².